The molecule has 17 heavy (non-hydrogen) atoms. The van der Waals surface area contributed by atoms with Gasteiger partial charge in [-0.25, -0.2) is 9.59 Å². The van der Waals surface area contributed by atoms with E-state index < -0.39 is 24.6 Å². The molecule has 1 atom stereocenters. The van der Waals surface area contributed by atoms with Crippen LogP contribution in [0.15, 0.2) is 0 Å². The fourth-order valence-electron chi connectivity index (χ4n) is 1.17. The average Bonchev–Trinajstić information content (AvgIpc) is 3.09. The van der Waals surface area contributed by atoms with Crippen LogP contribution < -0.4 is 10.6 Å². The van der Waals surface area contributed by atoms with Crippen LogP contribution in [0.4, 0.5) is 4.79 Å². The Hall–Kier alpha value is -1.34. The van der Waals surface area contributed by atoms with Crippen LogP contribution in [-0.4, -0.2) is 54.6 Å². The number of aliphatic carboxylic acids is 1. The second-order valence-corrected chi connectivity index (χ2v) is 3.99. The summed E-state index contributed by atoms with van der Waals surface area (Å²) in [6.45, 7) is 0.801. The molecule has 1 rings (SSSR count). The number of carboxylic acids is 1. The zero-order valence-electron chi connectivity index (χ0n) is 9.52. The van der Waals surface area contributed by atoms with Crippen LogP contribution in [0.5, 0.6) is 0 Å². The van der Waals surface area contributed by atoms with E-state index in [9.17, 15) is 9.59 Å². The standard InChI is InChI=1S/C10H18N2O5/c13-5-8(9(14)15)12-10(16)11-3-4-17-6-7-1-2-7/h7-8,13H,1-6H2,(H,14,15)(H2,11,12,16)/t8-/m1/s1. The SMILES string of the molecule is O=C(NCCOCC1CC1)N[C@H](CO)C(=O)O. The lowest BCUT2D eigenvalue weighted by Crippen LogP contribution is -2.48. The molecule has 0 unspecified atom stereocenters. The summed E-state index contributed by atoms with van der Waals surface area (Å²) >= 11 is 0. The molecular weight excluding hydrogens is 228 g/mol. The van der Waals surface area contributed by atoms with Gasteiger partial charge in [0.05, 0.1) is 13.2 Å². The number of carboxylic acid groups (broad SMARTS) is 1. The molecule has 0 radical (unpaired) electrons. The second kappa shape index (κ2) is 7.08. The van der Waals surface area contributed by atoms with Gasteiger partial charge in [-0.3, -0.25) is 0 Å². The van der Waals surface area contributed by atoms with E-state index in [0.717, 1.165) is 6.61 Å². The molecule has 0 aromatic rings. The maximum absolute atomic E-state index is 11.2. The highest BCUT2D eigenvalue weighted by molar-refractivity contribution is 5.82. The normalized spacial score (nSPS) is 16.3. The summed E-state index contributed by atoms with van der Waals surface area (Å²) < 4.78 is 5.28. The van der Waals surface area contributed by atoms with Gasteiger partial charge >= 0.3 is 12.0 Å². The molecule has 0 aromatic heterocycles. The van der Waals surface area contributed by atoms with Crippen LogP contribution in [0.25, 0.3) is 0 Å². The lowest BCUT2D eigenvalue weighted by atomic mass is 10.3. The lowest BCUT2D eigenvalue weighted by molar-refractivity contribution is -0.140. The summed E-state index contributed by atoms with van der Waals surface area (Å²) in [5.41, 5.74) is 0. The first-order chi connectivity index (χ1) is 8.13. The zero-order valence-corrected chi connectivity index (χ0v) is 9.52. The summed E-state index contributed by atoms with van der Waals surface area (Å²) in [7, 11) is 0. The van der Waals surface area contributed by atoms with Crippen LogP contribution in [0.2, 0.25) is 0 Å². The minimum atomic E-state index is -1.28. The van der Waals surface area contributed by atoms with Crippen LogP contribution in [0.1, 0.15) is 12.8 Å². The third-order valence-electron chi connectivity index (χ3n) is 2.37. The van der Waals surface area contributed by atoms with E-state index in [1.807, 2.05) is 0 Å². The van der Waals surface area contributed by atoms with Crippen LogP contribution in [0, 0.1) is 5.92 Å². The van der Waals surface area contributed by atoms with Gasteiger partial charge in [-0.15, -0.1) is 0 Å². The average molecular weight is 246 g/mol. The topological polar surface area (TPSA) is 108 Å². The first kappa shape index (κ1) is 13.7. The predicted molar refractivity (Wildman–Crippen MR) is 58.6 cm³/mol. The van der Waals surface area contributed by atoms with Gasteiger partial charge in [-0.05, 0) is 18.8 Å². The van der Waals surface area contributed by atoms with Crippen molar-refractivity contribution >= 4 is 12.0 Å². The predicted octanol–water partition coefficient (Wildman–Crippen LogP) is -0.842. The molecule has 7 heteroatoms. The highest BCUT2D eigenvalue weighted by Crippen LogP contribution is 2.28. The summed E-state index contributed by atoms with van der Waals surface area (Å²) in [5.74, 6) is -0.595. The van der Waals surface area contributed by atoms with Gasteiger partial charge < -0.3 is 25.6 Å². The Bertz CT molecular complexity index is 267. The van der Waals surface area contributed by atoms with E-state index in [1.165, 1.54) is 12.8 Å². The number of hydrogen-bond acceptors (Lipinski definition) is 4. The van der Waals surface area contributed by atoms with Gasteiger partial charge in [-0.2, -0.15) is 0 Å². The van der Waals surface area contributed by atoms with E-state index in [4.69, 9.17) is 14.9 Å². The Kier molecular flexibility index (Phi) is 5.71. The van der Waals surface area contributed by atoms with Gasteiger partial charge in [0.1, 0.15) is 0 Å². The Balaban J connectivity index is 2.00. The van der Waals surface area contributed by atoms with Gasteiger partial charge in [-0.1, -0.05) is 0 Å². The van der Waals surface area contributed by atoms with E-state index in [1.54, 1.807) is 0 Å². The lowest BCUT2D eigenvalue weighted by Gasteiger charge is -2.12. The molecule has 0 heterocycles. The Morgan fingerprint density at radius 1 is 1.41 bits per heavy atom. The minimum Gasteiger partial charge on any atom is -0.480 e. The maximum Gasteiger partial charge on any atom is 0.328 e. The van der Waals surface area contributed by atoms with E-state index in [0.29, 0.717) is 19.1 Å². The fraction of sp³-hybridized carbons (Fsp3) is 0.800. The highest BCUT2D eigenvalue weighted by Gasteiger charge is 2.21. The Labute approximate surface area is 99.1 Å². The number of urea groups is 1. The fourth-order valence-corrected chi connectivity index (χ4v) is 1.17. The molecule has 0 aliphatic heterocycles. The first-order valence-electron chi connectivity index (χ1n) is 5.59. The molecule has 0 spiro atoms. The molecule has 1 aliphatic carbocycles. The summed E-state index contributed by atoms with van der Waals surface area (Å²) in [6, 6.07) is -1.90. The van der Waals surface area contributed by atoms with Crippen molar-refractivity contribution in [3.05, 3.63) is 0 Å². The molecule has 1 aliphatic rings. The van der Waals surface area contributed by atoms with Crippen LogP contribution in [-0.2, 0) is 9.53 Å². The zero-order chi connectivity index (χ0) is 12.7. The Morgan fingerprint density at radius 2 is 2.12 bits per heavy atom. The number of carbonyl (C=O) groups excluding carboxylic acids is 1. The van der Waals surface area contributed by atoms with Crippen molar-refractivity contribution < 1.29 is 24.5 Å². The molecule has 98 valence electrons. The molecule has 4 N–H and O–H groups in total. The quantitative estimate of drug-likeness (QED) is 0.418. The third kappa shape index (κ3) is 6.08. The minimum absolute atomic E-state index is 0.316. The maximum atomic E-state index is 11.2. The van der Waals surface area contributed by atoms with Crippen molar-refractivity contribution in [3.63, 3.8) is 0 Å². The number of aliphatic hydroxyl groups excluding tert-OH is 1. The number of aliphatic hydroxyl groups is 1. The number of ether oxygens (including phenoxy) is 1. The molecule has 7 nitrogen and oxygen atoms in total. The molecule has 0 bridgehead atoms. The Morgan fingerprint density at radius 3 is 2.65 bits per heavy atom. The van der Waals surface area contributed by atoms with Gasteiger partial charge in [0.2, 0.25) is 0 Å². The van der Waals surface area contributed by atoms with Crippen molar-refractivity contribution in [1.29, 1.82) is 0 Å². The smallest absolute Gasteiger partial charge is 0.328 e. The van der Waals surface area contributed by atoms with Gasteiger partial charge in [0, 0.05) is 13.2 Å². The van der Waals surface area contributed by atoms with Crippen LogP contribution in [0.3, 0.4) is 0 Å². The van der Waals surface area contributed by atoms with E-state index in [2.05, 4.69) is 10.6 Å². The molecule has 2 amide bonds. The molecule has 1 saturated carbocycles. The molecule has 1 fully saturated rings. The number of amides is 2. The number of hydrogen-bond donors (Lipinski definition) is 4. The van der Waals surface area contributed by atoms with Crippen molar-refractivity contribution in [1.82, 2.24) is 10.6 Å². The van der Waals surface area contributed by atoms with Crippen molar-refractivity contribution in [3.8, 4) is 0 Å². The number of nitrogens with one attached hydrogen (secondary N) is 2. The van der Waals surface area contributed by atoms with Gasteiger partial charge in [0.15, 0.2) is 6.04 Å². The molecular formula is C10H18N2O5. The summed E-state index contributed by atoms with van der Waals surface area (Å²) in [5, 5.41) is 21.8. The first-order valence-corrected chi connectivity index (χ1v) is 5.59. The third-order valence-corrected chi connectivity index (χ3v) is 2.37. The number of rotatable bonds is 8. The van der Waals surface area contributed by atoms with Crippen molar-refractivity contribution in [2.24, 2.45) is 5.92 Å². The summed E-state index contributed by atoms with van der Waals surface area (Å²) in [6.07, 6.45) is 2.43. The molecule has 0 aromatic carbocycles. The largest absolute Gasteiger partial charge is 0.480 e. The molecule has 0 saturated heterocycles. The summed E-state index contributed by atoms with van der Waals surface area (Å²) in [4.78, 5) is 21.7. The van der Waals surface area contributed by atoms with Crippen molar-refractivity contribution in [2.75, 3.05) is 26.4 Å². The monoisotopic (exact) mass is 246 g/mol. The number of carbonyl (C=O) groups is 2. The van der Waals surface area contributed by atoms with E-state index in [-0.39, 0.29) is 0 Å². The van der Waals surface area contributed by atoms with Crippen LogP contribution >= 0.6 is 0 Å². The van der Waals surface area contributed by atoms with E-state index >= 15 is 0 Å². The van der Waals surface area contributed by atoms with Gasteiger partial charge in [0.25, 0.3) is 0 Å². The van der Waals surface area contributed by atoms with Crippen molar-refractivity contribution in [2.45, 2.75) is 18.9 Å². The second-order valence-electron chi connectivity index (χ2n) is 3.99. The highest BCUT2D eigenvalue weighted by atomic mass is 16.5.